The molecule has 0 aliphatic heterocycles. The number of anilines is 1. The number of hydrogen-bond donors (Lipinski definition) is 2. The fourth-order valence-corrected chi connectivity index (χ4v) is 3.17. The quantitative estimate of drug-likeness (QED) is 0.757. The number of carbonyl (C=O) groups excluding carboxylic acids is 1. The lowest BCUT2D eigenvalue weighted by atomic mass is 10.1. The van der Waals surface area contributed by atoms with Crippen LogP contribution in [0.1, 0.15) is 10.4 Å². The summed E-state index contributed by atoms with van der Waals surface area (Å²) in [7, 11) is 0. The molecule has 1 aromatic heterocycles. The van der Waals surface area contributed by atoms with Crippen LogP contribution in [0.4, 0.5) is 5.13 Å². The van der Waals surface area contributed by atoms with Crippen molar-refractivity contribution in [3.8, 4) is 11.3 Å². The lowest BCUT2D eigenvalue weighted by Gasteiger charge is -2.05. The highest BCUT2D eigenvalue weighted by atomic mass is 32.1. The van der Waals surface area contributed by atoms with Gasteiger partial charge >= 0.3 is 0 Å². The summed E-state index contributed by atoms with van der Waals surface area (Å²) in [6.07, 6.45) is 0.284. The van der Waals surface area contributed by atoms with Crippen molar-refractivity contribution in [2.45, 2.75) is 13.0 Å². The van der Waals surface area contributed by atoms with Gasteiger partial charge in [-0.2, -0.15) is 0 Å². The Morgan fingerprint density at radius 3 is 2.39 bits per heavy atom. The first-order chi connectivity index (χ1) is 11.2. The first-order valence-electron chi connectivity index (χ1n) is 7.33. The molecule has 0 fully saturated rings. The predicted molar refractivity (Wildman–Crippen MR) is 94.0 cm³/mol. The van der Waals surface area contributed by atoms with E-state index in [1.807, 2.05) is 60.7 Å². The molecule has 0 saturated heterocycles. The van der Waals surface area contributed by atoms with Crippen molar-refractivity contribution in [1.29, 1.82) is 0 Å². The number of benzene rings is 2. The van der Waals surface area contributed by atoms with Crippen LogP contribution in [-0.2, 0) is 17.8 Å². The summed E-state index contributed by atoms with van der Waals surface area (Å²) in [6.45, 7) is 0.522. The third kappa shape index (κ3) is 3.96. The molecule has 0 aliphatic rings. The van der Waals surface area contributed by atoms with Crippen molar-refractivity contribution in [3.05, 3.63) is 71.1 Å². The number of rotatable bonds is 5. The highest BCUT2D eigenvalue weighted by molar-refractivity contribution is 7.15. The molecule has 1 heterocycles. The van der Waals surface area contributed by atoms with Gasteiger partial charge in [-0.05, 0) is 5.56 Å². The molecule has 0 spiro atoms. The second-order valence-electron chi connectivity index (χ2n) is 5.13. The SMILES string of the molecule is Nc1nc(-c2ccccc2)c(CC(=O)NCc2ccccc2)s1. The van der Waals surface area contributed by atoms with Gasteiger partial charge in [-0.1, -0.05) is 60.7 Å². The van der Waals surface area contributed by atoms with Crippen molar-refractivity contribution in [2.75, 3.05) is 5.73 Å². The average Bonchev–Trinajstić information content (AvgIpc) is 2.95. The van der Waals surface area contributed by atoms with Crippen molar-refractivity contribution >= 4 is 22.4 Å². The number of nitrogen functional groups attached to an aromatic ring is 1. The molecule has 5 heteroatoms. The maximum Gasteiger partial charge on any atom is 0.225 e. The Bertz CT molecular complexity index is 785. The monoisotopic (exact) mass is 323 g/mol. The van der Waals surface area contributed by atoms with Gasteiger partial charge in [0, 0.05) is 17.0 Å². The number of amides is 1. The van der Waals surface area contributed by atoms with E-state index in [2.05, 4.69) is 10.3 Å². The Labute approximate surface area is 139 Å². The van der Waals surface area contributed by atoms with Crippen LogP contribution >= 0.6 is 11.3 Å². The number of nitrogens with one attached hydrogen (secondary N) is 1. The second kappa shape index (κ2) is 7.07. The van der Waals surface area contributed by atoms with Gasteiger partial charge in [0.2, 0.25) is 5.91 Å². The molecular weight excluding hydrogens is 306 g/mol. The highest BCUT2D eigenvalue weighted by Crippen LogP contribution is 2.29. The number of aromatic nitrogens is 1. The molecule has 3 rings (SSSR count). The zero-order valence-corrected chi connectivity index (χ0v) is 13.3. The number of carbonyl (C=O) groups is 1. The fraction of sp³-hybridized carbons (Fsp3) is 0.111. The molecule has 3 aromatic rings. The predicted octanol–water partition coefficient (Wildman–Crippen LogP) is 3.25. The van der Waals surface area contributed by atoms with Gasteiger partial charge in [0.25, 0.3) is 0 Å². The number of hydrogen-bond acceptors (Lipinski definition) is 4. The summed E-state index contributed by atoms with van der Waals surface area (Å²) in [6, 6.07) is 19.6. The molecule has 0 unspecified atom stereocenters. The van der Waals surface area contributed by atoms with Gasteiger partial charge < -0.3 is 11.1 Å². The molecule has 4 nitrogen and oxygen atoms in total. The van der Waals surface area contributed by atoms with E-state index in [9.17, 15) is 4.79 Å². The van der Waals surface area contributed by atoms with Gasteiger partial charge in [0.05, 0.1) is 12.1 Å². The summed E-state index contributed by atoms with van der Waals surface area (Å²) in [5, 5.41) is 3.42. The standard InChI is InChI=1S/C18H17N3OS/c19-18-21-17(14-9-5-2-6-10-14)15(23-18)11-16(22)20-12-13-7-3-1-4-8-13/h1-10H,11-12H2,(H2,19,21)(H,20,22). The minimum atomic E-state index is -0.0327. The largest absolute Gasteiger partial charge is 0.375 e. The van der Waals surface area contributed by atoms with Crippen LogP contribution in [0.2, 0.25) is 0 Å². The number of nitrogens with two attached hydrogens (primary N) is 1. The molecule has 0 radical (unpaired) electrons. The van der Waals surface area contributed by atoms with Gasteiger partial charge in [0.15, 0.2) is 5.13 Å². The average molecular weight is 323 g/mol. The van der Waals surface area contributed by atoms with Crippen LogP contribution in [-0.4, -0.2) is 10.9 Å². The van der Waals surface area contributed by atoms with E-state index in [1.165, 1.54) is 11.3 Å². The summed E-state index contributed by atoms with van der Waals surface area (Å²) in [4.78, 5) is 17.5. The van der Waals surface area contributed by atoms with E-state index in [1.54, 1.807) is 0 Å². The van der Waals surface area contributed by atoms with Crippen LogP contribution < -0.4 is 11.1 Å². The van der Waals surface area contributed by atoms with Gasteiger partial charge in [0.1, 0.15) is 0 Å². The first kappa shape index (κ1) is 15.2. The molecule has 0 aliphatic carbocycles. The van der Waals surface area contributed by atoms with E-state index in [4.69, 9.17) is 5.73 Å². The van der Waals surface area contributed by atoms with E-state index in [-0.39, 0.29) is 12.3 Å². The van der Waals surface area contributed by atoms with Crippen LogP contribution in [0.15, 0.2) is 60.7 Å². The van der Waals surface area contributed by atoms with Crippen molar-refractivity contribution < 1.29 is 4.79 Å². The molecular formula is C18H17N3OS. The van der Waals surface area contributed by atoms with Gasteiger partial charge in [-0.25, -0.2) is 4.98 Å². The summed E-state index contributed by atoms with van der Waals surface area (Å²) < 4.78 is 0. The van der Waals surface area contributed by atoms with Gasteiger partial charge in [-0.15, -0.1) is 11.3 Å². The lowest BCUT2D eigenvalue weighted by molar-refractivity contribution is -0.120. The maximum absolute atomic E-state index is 12.2. The summed E-state index contributed by atoms with van der Waals surface area (Å²) in [5.41, 5.74) is 8.68. The lowest BCUT2D eigenvalue weighted by Crippen LogP contribution is -2.24. The molecule has 0 atom stereocenters. The molecule has 1 amide bonds. The molecule has 116 valence electrons. The molecule has 0 saturated carbocycles. The Morgan fingerprint density at radius 2 is 1.70 bits per heavy atom. The topological polar surface area (TPSA) is 68.0 Å². The Hall–Kier alpha value is -2.66. The van der Waals surface area contributed by atoms with E-state index < -0.39 is 0 Å². The van der Waals surface area contributed by atoms with E-state index in [0.717, 1.165) is 21.7 Å². The fourth-order valence-electron chi connectivity index (χ4n) is 2.32. The molecule has 0 bridgehead atoms. The minimum absolute atomic E-state index is 0.0327. The third-order valence-corrected chi connectivity index (χ3v) is 4.30. The smallest absolute Gasteiger partial charge is 0.225 e. The molecule has 3 N–H and O–H groups in total. The molecule has 2 aromatic carbocycles. The Balaban J connectivity index is 1.69. The van der Waals surface area contributed by atoms with Gasteiger partial charge in [-0.3, -0.25) is 4.79 Å². The number of nitrogens with zero attached hydrogens (tertiary/aromatic N) is 1. The van der Waals surface area contributed by atoms with Crippen molar-refractivity contribution in [3.63, 3.8) is 0 Å². The van der Waals surface area contributed by atoms with E-state index in [0.29, 0.717) is 11.7 Å². The van der Waals surface area contributed by atoms with Crippen LogP contribution in [0.5, 0.6) is 0 Å². The summed E-state index contributed by atoms with van der Waals surface area (Å²) in [5.74, 6) is -0.0327. The van der Waals surface area contributed by atoms with E-state index >= 15 is 0 Å². The third-order valence-electron chi connectivity index (χ3n) is 3.41. The maximum atomic E-state index is 12.2. The zero-order valence-electron chi connectivity index (χ0n) is 12.5. The summed E-state index contributed by atoms with van der Waals surface area (Å²) >= 11 is 1.37. The van der Waals surface area contributed by atoms with Crippen LogP contribution in [0.25, 0.3) is 11.3 Å². The van der Waals surface area contributed by atoms with Crippen molar-refractivity contribution in [1.82, 2.24) is 10.3 Å². The van der Waals surface area contributed by atoms with Crippen LogP contribution in [0, 0.1) is 0 Å². The molecule has 23 heavy (non-hydrogen) atoms. The zero-order chi connectivity index (χ0) is 16.1. The second-order valence-corrected chi connectivity index (χ2v) is 6.24. The van der Waals surface area contributed by atoms with Crippen molar-refractivity contribution in [2.24, 2.45) is 0 Å². The first-order valence-corrected chi connectivity index (χ1v) is 8.15. The Morgan fingerprint density at radius 1 is 1.04 bits per heavy atom. The highest BCUT2D eigenvalue weighted by Gasteiger charge is 2.14. The van der Waals surface area contributed by atoms with Crippen LogP contribution in [0.3, 0.4) is 0 Å². The minimum Gasteiger partial charge on any atom is -0.375 e. The Kier molecular flexibility index (Phi) is 4.68. The number of thiazole rings is 1. The normalized spacial score (nSPS) is 10.4.